The molecule has 0 aromatic carbocycles. The van der Waals surface area contributed by atoms with Gasteiger partial charge in [-0.1, -0.05) is 19.3 Å². The highest BCUT2D eigenvalue weighted by Gasteiger charge is 2.18. The second kappa shape index (κ2) is 6.20. The molecular formula is C15H24N4O. The zero-order chi connectivity index (χ0) is 14.6. The minimum Gasteiger partial charge on any atom is -0.367 e. The van der Waals surface area contributed by atoms with Crippen molar-refractivity contribution < 1.29 is 4.79 Å². The molecule has 1 fully saturated rings. The molecule has 1 heterocycles. The van der Waals surface area contributed by atoms with Crippen molar-refractivity contribution in [3.63, 3.8) is 0 Å². The minimum absolute atomic E-state index is 0.161. The Labute approximate surface area is 120 Å². The largest absolute Gasteiger partial charge is 0.367 e. The highest BCUT2D eigenvalue weighted by atomic mass is 16.2. The fourth-order valence-electron chi connectivity index (χ4n) is 2.42. The summed E-state index contributed by atoms with van der Waals surface area (Å²) in [6.45, 7) is 5.85. The number of nitrogens with one attached hydrogen (secondary N) is 2. The third-order valence-corrected chi connectivity index (χ3v) is 3.35. The lowest BCUT2D eigenvalue weighted by Gasteiger charge is -2.23. The van der Waals surface area contributed by atoms with Gasteiger partial charge in [-0.25, -0.2) is 9.97 Å². The number of amides is 1. The Kier molecular flexibility index (Phi) is 4.57. The highest BCUT2D eigenvalue weighted by Crippen LogP contribution is 2.20. The maximum absolute atomic E-state index is 12.1. The van der Waals surface area contributed by atoms with E-state index in [9.17, 15) is 4.79 Å². The zero-order valence-electron chi connectivity index (χ0n) is 12.6. The Morgan fingerprint density at radius 3 is 2.55 bits per heavy atom. The number of nitrogens with zero attached hydrogens (tertiary/aromatic N) is 2. The summed E-state index contributed by atoms with van der Waals surface area (Å²) in [5.74, 6) is 0.581. The number of carbonyl (C=O) groups is 1. The molecule has 0 bridgehead atoms. The van der Waals surface area contributed by atoms with E-state index in [0.717, 1.165) is 5.82 Å². The molecule has 2 rings (SSSR count). The average Bonchev–Trinajstić information content (AvgIpc) is 2.38. The van der Waals surface area contributed by atoms with Crippen molar-refractivity contribution in [2.24, 2.45) is 0 Å². The third-order valence-electron chi connectivity index (χ3n) is 3.35. The minimum atomic E-state index is -0.265. The van der Waals surface area contributed by atoms with Crippen LogP contribution >= 0.6 is 0 Å². The van der Waals surface area contributed by atoms with Crippen LogP contribution in [0.5, 0.6) is 0 Å². The molecule has 2 N–H and O–H groups in total. The van der Waals surface area contributed by atoms with Crippen molar-refractivity contribution in [1.29, 1.82) is 0 Å². The average molecular weight is 276 g/mol. The SMILES string of the molecule is CC(C)(C)NC(=O)c1cc(NC2CCCCC2)ncn1. The van der Waals surface area contributed by atoms with Gasteiger partial charge >= 0.3 is 0 Å². The second-order valence-electron chi connectivity index (χ2n) is 6.47. The normalized spacial score (nSPS) is 16.8. The van der Waals surface area contributed by atoms with Crippen molar-refractivity contribution in [3.05, 3.63) is 18.1 Å². The maximum atomic E-state index is 12.1. The van der Waals surface area contributed by atoms with E-state index in [2.05, 4.69) is 20.6 Å². The first-order valence-corrected chi connectivity index (χ1v) is 7.35. The molecule has 1 aliphatic carbocycles. The first kappa shape index (κ1) is 14.8. The summed E-state index contributed by atoms with van der Waals surface area (Å²) in [6.07, 6.45) is 7.64. The van der Waals surface area contributed by atoms with Gasteiger partial charge in [0.25, 0.3) is 5.91 Å². The Hall–Kier alpha value is -1.65. The zero-order valence-corrected chi connectivity index (χ0v) is 12.6. The van der Waals surface area contributed by atoms with Gasteiger partial charge in [0.2, 0.25) is 0 Å². The van der Waals surface area contributed by atoms with Crippen LogP contribution in [0.25, 0.3) is 0 Å². The van der Waals surface area contributed by atoms with Crippen LogP contribution in [0.2, 0.25) is 0 Å². The van der Waals surface area contributed by atoms with Gasteiger partial charge < -0.3 is 10.6 Å². The van der Waals surface area contributed by atoms with Gasteiger partial charge in [0.05, 0.1) is 0 Å². The molecule has 110 valence electrons. The fourth-order valence-corrected chi connectivity index (χ4v) is 2.42. The van der Waals surface area contributed by atoms with Gasteiger partial charge in [0.1, 0.15) is 17.8 Å². The van der Waals surface area contributed by atoms with Crippen molar-refractivity contribution in [2.45, 2.75) is 64.5 Å². The molecule has 0 saturated heterocycles. The van der Waals surface area contributed by atoms with Crippen LogP contribution in [0.1, 0.15) is 63.4 Å². The summed E-state index contributed by atoms with van der Waals surface area (Å²) in [7, 11) is 0. The number of aromatic nitrogens is 2. The summed E-state index contributed by atoms with van der Waals surface area (Å²) < 4.78 is 0. The van der Waals surface area contributed by atoms with Gasteiger partial charge in [-0.3, -0.25) is 4.79 Å². The van der Waals surface area contributed by atoms with E-state index in [1.807, 2.05) is 20.8 Å². The lowest BCUT2D eigenvalue weighted by molar-refractivity contribution is 0.0914. The van der Waals surface area contributed by atoms with Crippen molar-refractivity contribution in [2.75, 3.05) is 5.32 Å². The highest BCUT2D eigenvalue weighted by molar-refractivity contribution is 5.93. The molecule has 1 amide bonds. The van der Waals surface area contributed by atoms with Gasteiger partial charge in [-0.2, -0.15) is 0 Å². The molecule has 1 saturated carbocycles. The monoisotopic (exact) mass is 276 g/mol. The van der Waals surface area contributed by atoms with Crippen LogP contribution in [0, 0.1) is 0 Å². The molecule has 0 radical (unpaired) electrons. The first-order chi connectivity index (χ1) is 9.44. The van der Waals surface area contributed by atoms with E-state index in [0.29, 0.717) is 11.7 Å². The number of rotatable bonds is 3. The van der Waals surface area contributed by atoms with Gasteiger partial charge in [-0.05, 0) is 33.6 Å². The standard InChI is InChI=1S/C15H24N4O/c1-15(2,3)19-14(20)12-9-13(17-10-16-12)18-11-7-5-4-6-8-11/h9-11H,4-8H2,1-3H3,(H,19,20)(H,16,17,18). The molecule has 0 aliphatic heterocycles. The van der Waals surface area contributed by atoms with Crippen molar-refractivity contribution in [1.82, 2.24) is 15.3 Å². The van der Waals surface area contributed by atoms with E-state index in [4.69, 9.17) is 0 Å². The summed E-state index contributed by atoms with van der Waals surface area (Å²) in [4.78, 5) is 20.3. The fraction of sp³-hybridized carbons (Fsp3) is 0.667. The summed E-state index contributed by atoms with van der Waals surface area (Å²) >= 11 is 0. The lowest BCUT2D eigenvalue weighted by atomic mass is 9.95. The number of anilines is 1. The number of hydrogen-bond donors (Lipinski definition) is 2. The maximum Gasteiger partial charge on any atom is 0.270 e. The van der Waals surface area contributed by atoms with Crippen LogP contribution in [0.4, 0.5) is 5.82 Å². The summed E-state index contributed by atoms with van der Waals surface area (Å²) in [5, 5.41) is 6.32. The molecule has 0 unspecified atom stereocenters. The molecule has 5 heteroatoms. The van der Waals surface area contributed by atoms with E-state index >= 15 is 0 Å². The van der Waals surface area contributed by atoms with Gasteiger partial charge in [0.15, 0.2) is 0 Å². The Balaban J connectivity index is 2.01. The van der Waals surface area contributed by atoms with Crippen molar-refractivity contribution in [3.8, 4) is 0 Å². The van der Waals surface area contributed by atoms with E-state index < -0.39 is 0 Å². The molecule has 1 aliphatic rings. The molecule has 0 spiro atoms. The Bertz CT molecular complexity index is 461. The quantitative estimate of drug-likeness (QED) is 0.891. The van der Waals surface area contributed by atoms with E-state index in [-0.39, 0.29) is 11.4 Å². The molecule has 5 nitrogen and oxygen atoms in total. The van der Waals surface area contributed by atoms with Crippen LogP contribution in [-0.2, 0) is 0 Å². The molecule has 0 atom stereocenters. The summed E-state index contributed by atoms with van der Waals surface area (Å²) in [5.41, 5.74) is 0.146. The molecule has 1 aromatic rings. The predicted molar refractivity (Wildman–Crippen MR) is 79.7 cm³/mol. The lowest BCUT2D eigenvalue weighted by Crippen LogP contribution is -2.41. The third kappa shape index (κ3) is 4.47. The first-order valence-electron chi connectivity index (χ1n) is 7.35. The van der Waals surface area contributed by atoms with Crippen LogP contribution < -0.4 is 10.6 Å². The van der Waals surface area contributed by atoms with E-state index in [1.165, 1.54) is 38.4 Å². The second-order valence-corrected chi connectivity index (χ2v) is 6.47. The van der Waals surface area contributed by atoms with E-state index in [1.54, 1.807) is 6.07 Å². The Morgan fingerprint density at radius 2 is 1.90 bits per heavy atom. The molecule has 1 aromatic heterocycles. The molecule has 20 heavy (non-hydrogen) atoms. The van der Waals surface area contributed by atoms with Gasteiger partial charge in [-0.15, -0.1) is 0 Å². The van der Waals surface area contributed by atoms with Crippen LogP contribution in [0.15, 0.2) is 12.4 Å². The number of carbonyl (C=O) groups excluding carboxylic acids is 1. The van der Waals surface area contributed by atoms with Gasteiger partial charge in [0, 0.05) is 17.6 Å². The smallest absolute Gasteiger partial charge is 0.270 e. The molecular weight excluding hydrogens is 252 g/mol. The Morgan fingerprint density at radius 1 is 1.20 bits per heavy atom. The van der Waals surface area contributed by atoms with Crippen LogP contribution in [-0.4, -0.2) is 27.5 Å². The predicted octanol–water partition coefficient (Wildman–Crippen LogP) is 2.75. The topological polar surface area (TPSA) is 66.9 Å². The summed E-state index contributed by atoms with van der Waals surface area (Å²) in [6, 6.07) is 2.20. The van der Waals surface area contributed by atoms with Crippen LogP contribution in [0.3, 0.4) is 0 Å². The number of hydrogen-bond acceptors (Lipinski definition) is 4. The van der Waals surface area contributed by atoms with Crippen molar-refractivity contribution >= 4 is 11.7 Å².